The van der Waals surface area contributed by atoms with Gasteiger partial charge in [-0.2, -0.15) is 0 Å². The number of hydrogen-bond acceptors (Lipinski definition) is 4. The molecule has 0 aliphatic carbocycles. The van der Waals surface area contributed by atoms with Gasteiger partial charge in [0.25, 0.3) is 0 Å². The van der Waals surface area contributed by atoms with Gasteiger partial charge in [0, 0.05) is 30.6 Å². The van der Waals surface area contributed by atoms with E-state index in [1.807, 2.05) is 11.4 Å². The summed E-state index contributed by atoms with van der Waals surface area (Å²) in [4.78, 5) is 14.2. The van der Waals surface area contributed by atoms with Gasteiger partial charge in [0.05, 0.1) is 12.2 Å². The van der Waals surface area contributed by atoms with Crippen LogP contribution in [0.4, 0.5) is 0 Å². The quantitative estimate of drug-likeness (QED) is 0.859. The first-order chi connectivity index (χ1) is 9.20. The van der Waals surface area contributed by atoms with E-state index in [2.05, 4.69) is 4.90 Å². The lowest BCUT2D eigenvalue weighted by Crippen LogP contribution is -2.41. The Balaban J connectivity index is 1.67. The minimum absolute atomic E-state index is 0.400. The van der Waals surface area contributed by atoms with E-state index in [9.17, 15) is 4.79 Å². The van der Waals surface area contributed by atoms with Gasteiger partial charge in [0.1, 0.15) is 0 Å². The molecule has 3 rings (SSSR count). The average Bonchev–Trinajstić information content (AvgIpc) is 2.94. The lowest BCUT2D eigenvalue weighted by molar-refractivity contribution is -0.131. The van der Waals surface area contributed by atoms with Crippen molar-refractivity contribution in [1.82, 2.24) is 4.90 Å². The van der Waals surface area contributed by atoms with Gasteiger partial charge in [-0.1, -0.05) is 0 Å². The summed E-state index contributed by atoms with van der Waals surface area (Å²) in [5.41, 5.74) is 1.02. The van der Waals surface area contributed by atoms with Crippen molar-refractivity contribution in [2.75, 3.05) is 13.1 Å². The highest BCUT2D eigenvalue weighted by Gasteiger charge is 2.33. The Morgan fingerprint density at radius 3 is 2.89 bits per heavy atom. The summed E-state index contributed by atoms with van der Waals surface area (Å²) in [5, 5.41) is 10.7. The molecule has 5 heteroatoms. The van der Waals surface area contributed by atoms with E-state index in [1.54, 1.807) is 17.4 Å². The van der Waals surface area contributed by atoms with Crippen LogP contribution in [0.1, 0.15) is 23.3 Å². The van der Waals surface area contributed by atoms with E-state index in [0.29, 0.717) is 12.2 Å². The molecular formula is C14H17NO3S. The van der Waals surface area contributed by atoms with Crippen LogP contribution in [0.3, 0.4) is 0 Å². The summed E-state index contributed by atoms with van der Waals surface area (Å²) in [6.07, 6.45) is 6.04. The van der Waals surface area contributed by atoms with E-state index in [1.165, 1.54) is 23.8 Å². The standard InChI is InChI=1S/C14H17NO3S/c16-14(17)4-1-10-5-6-19-13(10)9-15-7-11-2-3-12(8-15)18-11/h1,4-6,11-12H,2-3,7-9H2,(H,16,17). The highest BCUT2D eigenvalue weighted by molar-refractivity contribution is 7.10. The minimum atomic E-state index is -0.901. The first-order valence-electron chi connectivity index (χ1n) is 6.56. The van der Waals surface area contributed by atoms with Crippen molar-refractivity contribution in [2.24, 2.45) is 0 Å². The number of carbonyl (C=O) groups is 1. The van der Waals surface area contributed by atoms with Crippen molar-refractivity contribution in [2.45, 2.75) is 31.6 Å². The summed E-state index contributed by atoms with van der Waals surface area (Å²) in [5.74, 6) is -0.901. The largest absolute Gasteiger partial charge is 0.478 e. The predicted molar refractivity (Wildman–Crippen MR) is 74.2 cm³/mol. The summed E-state index contributed by atoms with van der Waals surface area (Å²) in [6, 6.07) is 1.98. The number of hydrogen-bond donors (Lipinski definition) is 1. The molecule has 0 saturated carbocycles. The smallest absolute Gasteiger partial charge is 0.328 e. The van der Waals surface area contributed by atoms with Crippen molar-refractivity contribution in [3.05, 3.63) is 28.0 Å². The Bertz CT molecular complexity index is 485. The molecule has 2 unspecified atom stereocenters. The van der Waals surface area contributed by atoms with Crippen LogP contribution in [0.25, 0.3) is 6.08 Å². The van der Waals surface area contributed by atoms with Gasteiger partial charge in [-0.25, -0.2) is 4.79 Å². The zero-order valence-corrected chi connectivity index (χ0v) is 11.4. The molecular weight excluding hydrogens is 262 g/mol. The van der Waals surface area contributed by atoms with Gasteiger partial charge in [-0.15, -0.1) is 11.3 Å². The van der Waals surface area contributed by atoms with Gasteiger partial charge in [0.15, 0.2) is 0 Å². The molecule has 19 heavy (non-hydrogen) atoms. The van der Waals surface area contributed by atoms with Crippen LogP contribution >= 0.6 is 11.3 Å². The lowest BCUT2D eigenvalue weighted by atomic mass is 10.2. The highest BCUT2D eigenvalue weighted by Crippen LogP contribution is 2.29. The third-order valence-corrected chi connectivity index (χ3v) is 4.59. The van der Waals surface area contributed by atoms with E-state index < -0.39 is 5.97 Å². The van der Waals surface area contributed by atoms with Gasteiger partial charge in [-0.05, 0) is 35.9 Å². The molecule has 4 nitrogen and oxygen atoms in total. The number of carboxylic acids is 1. The third kappa shape index (κ3) is 3.05. The molecule has 2 aliphatic rings. The molecule has 102 valence electrons. The Labute approximate surface area is 116 Å². The zero-order valence-electron chi connectivity index (χ0n) is 10.6. The zero-order chi connectivity index (χ0) is 13.2. The average molecular weight is 279 g/mol. The maximum atomic E-state index is 10.6. The Kier molecular flexibility index (Phi) is 3.68. The number of rotatable bonds is 4. The molecule has 2 aliphatic heterocycles. The fourth-order valence-corrected chi connectivity index (χ4v) is 3.73. The summed E-state index contributed by atoms with van der Waals surface area (Å²) >= 11 is 1.69. The molecule has 3 heterocycles. The minimum Gasteiger partial charge on any atom is -0.478 e. The Morgan fingerprint density at radius 2 is 2.21 bits per heavy atom. The Hall–Kier alpha value is -1.17. The maximum Gasteiger partial charge on any atom is 0.328 e. The lowest BCUT2D eigenvalue weighted by Gasteiger charge is -2.31. The second-order valence-corrected chi connectivity index (χ2v) is 6.12. The van der Waals surface area contributed by atoms with Crippen molar-refractivity contribution < 1.29 is 14.6 Å². The predicted octanol–water partition coefficient (Wildman–Crippen LogP) is 2.21. The highest BCUT2D eigenvalue weighted by atomic mass is 32.1. The summed E-state index contributed by atoms with van der Waals surface area (Å²) < 4.78 is 5.83. The number of aliphatic carboxylic acids is 1. The van der Waals surface area contributed by atoms with Gasteiger partial charge >= 0.3 is 5.97 Å². The van der Waals surface area contributed by atoms with Crippen molar-refractivity contribution in [3.8, 4) is 0 Å². The van der Waals surface area contributed by atoms with Crippen LogP contribution in [-0.4, -0.2) is 41.3 Å². The second-order valence-electron chi connectivity index (χ2n) is 5.12. The van der Waals surface area contributed by atoms with E-state index in [4.69, 9.17) is 9.84 Å². The maximum absolute atomic E-state index is 10.6. The van der Waals surface area contributed by atoms with Crippen LogP contribution in [0.2, 0.25) is 0 Å². The fraction of sp³-hybridized carbons (Fsp3) is 0.500. The normalized spacial score (nSPS) is 27.2. The van der Waals surface area contributed by atoms with Gasteiger partial charge in [-0.3, -0.25) is 4.90 Å². The van der Waals surface area contributed by atoms with Crippen molar-refractivity contribution in [1.29, 1.82) is 0 Å². The third-order valence-electron chi connectivity index (χ3n) is 3.67. The number of ether oxygens (including phenoxy) is 1. The van der Waals surface area contributed by atoms with Crippen LogP contribution in [-0.2, 0) is 16.1 Å². The number of likely N-dealkylation sites (tertiary alicyclic amines) is 1. The number of nitrogens with zero attached hydrogens (tertiary/aromatic N) is 1. The van der Waals surface area contributed by atoms with Crippen LogP contribution < -0.4 is 0 Å². The molecule has 2 atom stereocenters. The molecule has 0 aromatic carbocycles. The van der Waals surface area contributed by atoms with E-state index >= 15 is 0 Å². The Morgan fingerprint density at radius 1 is 1.47 bits per heavy atom. The van der Waals surface area contributed by atoms with Crippen molar-refractivity contribution in [3.63, 3.8) is 0 Å². The first-order valence-corrected chi connectivity index (χ1v) is 7.44. The summed E-state index contributed by atoms with van der Waals surface area (Å²) in [7, 11) is 0. The molecule has 2 fully saturated rings. The van der Waals surface area contributed by atoms with E-state index in [0.717, 1.165) is 25.2 Å². The van der Waals surface area contributed by atoms with Gasteiger partial charge < -0.3 is 9.84 Å². The molecule has 1 aromatic heterocycles. The SMILES string of the molecule is O=C(O)C=Cc1ccsc1CN1CC2CCC(C1)O2. The van der Waals surface area contributed by atoms with Gasteiger partial charge in [0.2, 0.25) is 0 Å². The van der Waals surface area contributed by atoms with Crippen LogP contribution in [0.15, 0.2) is 17.5 Å². The number of fused-ring (bicyclic) bond motifs is 2. The molecule has 0 spiro atoms. The molecule has 1 aromatic rings. The number of carboxylic acid groups (broad SMARTS) is 1. The second kappa shape index (κ2) is 5.45. The fourth-order valence-electron chi connectivity index (χ4n) is 2.82. The van der Waals surface area contributed by atoms with Crippen LogP contribution in [0.5, 0.6) is 0 Å². The molecule has 0 amide bonds. The first kappa shape index (κ1) is 12.8. The van der Waals surface area contributed by atoms with Crippen LogP contribution in [0, 0.1) is 0 Å². The summed E-state index contributed by atoms with van der Waals surface area (Å²) in [6.45, 7) is 2.89. The van der Waals surface area contributed by atoms with Crippen molar-refractivity contribution >= 4 is 23.4 Å². The molecule has 0 radical (unpaired) electrons. The molecule has 2 saturated heterocycles. The number of morpholine rings is 1. The molecule has 2 bridgehead atoms. The van der Waals surface area contributed by atoms with E-state index in [-0.39, 0.29) is 0 Å². The molecule has 1 N–H and O–H groups in total. The topological polar surface area (TPSA) is 49.8 Å². The monoisotopic (exact) mass is 279 g/mol. The number of thiophene rings is 1.